The van der Waals surface area contributed by atoms with Crippen molar-refractivity contribution in [1.29, 1.82) is 0 Å². The molecule has 0 unspecified atom stereocenters. The maximum absolute atomic E-state index is 11.9. The molecule has 1 aromatic rings. The fourth-order valence-electron chi connectivity index (χ4n) is 2.69. The van der Waals surface area contributed by atoms with Crippen LogP contribution in [0, 0.1) is 0 Å². The van der Waals surface area contributed by atoms with Crippen LogP contribution in [0.2, 0.25) is 0 Å². The van der Waals surface area contributed by atoms with Crippen LogP contribution in [0.3, 0.4) is 0 Å². The molecule has 3 amide bonds. The Labute approximate surface area is 131 Å². The summed E-state index contributed by atoms with van der Waals surface area (Å²) in [6, 6.07) is 1.95. The summed E-state index contributed by atoms with van der Waals surface area (Å²) in [6.45, 7) is 0.837. The van der Waals surface area contributed by atoms with Crippen molar-refractivity contribution in [2.45, 2.75) is 51.1 Å². The van der Waals surface area contributed by atoms with E-state index >= 15 is 0 Å². The van der Waals surface area contributed by atoms with Gasteiger partial charge < -0.3 is 20.0 Å². The Hall–Kier alpha value is -1.98. The highest BCUT2D eigenvalue weighted by molar-refractivity contribution is 5.78. The molecule has 0 radical (unpaired) electrons. The van der Waals surface area contributed by atoms with E-state index in [0.29, 0.717) is 25.6 Å². The van der Waals surface area contributed by atoms with Crippen LogP contribution >= 0.6 is 0 Å². The Morgan fingerprint density at radius 1 is 1.32 bits per heavy atom. The summed E-state index contributed by atoms with van der Waals surface area (Å²) in [4.78, 5) is 25.3. The number of hydrogen-bond donors (Lipinski definition) is 2. The number of rotatable bonds is 6. The van der Waals surface area contributed by atoms with Crippen LogP contribution in [0.5, 0.6) is 0 Å². The van der Waals surface area contributed by atoms with Gasteiger partial charge in [-0.3, -0.25) is 4.79 Å². The van der Waals surface area contributed by atoms with E-state index in [4.69, 9.17) is 4.42 Å². The number of urea groups is 1. The van der Waals surface area contributed by atoms with E-state index < -0.39 is 0 Å². The zero-order valence-corrected chi connectivity index (χ0v) is 13.1. The van der Waals surface area contributed by atoms with Crippen molar-refractivity contribution in [3.05, 3.63) is 24.2 Å². The summed E-state index contributed by atoms with van der Waals surface area (Å²) in [5.74, 6) is 0.0182. The lowest BCUT2D eigenvalue weighted by molar-refractivity contribution is -0.121. The molecule has 122 valence electrons. The molecule has 6 heteroatoms. The lowest BCUT2D eigenvalue weighted by atomic mass is 9.95. The normalized spacial score (nSPS) is 15.3. The molecule has 22 heavy (non-hydrogen) atoms. The fraction of sp³-hybridized carbons (Fsp3) is 0.625. The molecule has 0 atom stereocenters. The average Bonchev–Trinajstić information content (AvgIpc) is 3.01. The maximum atomic E-state index is 11.9. The van der Waals surface area contributed by atoms with E-state index in [9.17, 15) is 9.59 Å². The minimum atomic E-state index is -0.188. The van der Waals surface area contributed by atoms with E-state index in [0.717, 1.165) is 18.4 Å². The molecule has 0 aromatic carbocycles. The Morgan fingerprint density at radius 3 is 2.77 bits per heavy atom. The fourth-order valence-corrected chi connectivity index (χ4v) is 2.69. The second-order valence-corrected chi connectivity index (χ2v) is 5.87. The summed E-state index contributed by atoms with van der Waals surface area (Å²) >= 11 is 0. The first-order chi connectivity index (χ1) is 10.6. The van der Waals surface area contributed by atoms with Crippen LogP contribution in [0.4, 0.5) is 4.79 Å². The third-order valence-corrected chi connectivity index (χ3v) is 3.95. The third kappa shape index (κ3) is 5.42. The quantitative estimate of drug-likeness (QED) is 0.846. The van der Waals surface area contributed by atoms with Gasteiger partial charge in [-0.25, -0.2) is 4.79 Å². The van der Waals surface area contributed by atoms with Gasteiger partial charge >= 0.3 is 6.03 Å². The average molecular weight is 307 g/mol. The van der Waals surface area contributed by atoms with E-state index in [1.807, 2.05) is 6.07 Å². The summed E-state index contributed by atoms with van der Waals surface area (Å²) in [5.41, 5.74) is 0.938. The SMILES string of the molecule is CN(Cc1ccoc1)C(=O)NCCC(=O)NC1CCCCC1. The van der Waals surface area contributed by atoms with E-state index in [2.05, 4.69) is 10.6 Å². The van der Waals surface area contributed by atoms with Crippen molar-refractivity contribution in [1.82, 2.24) is 15.5 Å². The second-order valence-electron chi connectivity index (χ2n) is 5.87. The predicted octanol–water partition coefficient (Wildman–Crippen LogP) is 2.26. The number of carbonyl (C=O) groups excluding carboxylic acids is 2. The Kier molecular flexibility index (Phi) is 6.30. The zero-order valence-electron chi connectivity index (χ0n) is 13.1. The van der Waals surface area contributed by atoms with Crippen molar-refractivity contribution in [2.24, 2.45) is 0 Å². The number of nitrogens with one attached hydrogen (secondary N) is 2. The largest absolute Gasteiger partial charge is 0.472 e. The van der Waals surface area contributed by atoms with Crippen molar-refractivity contribution < 1.29 is 14.0 Å². The van der Waals surface area contributed by atoms with Gasteiger partial charge in [0.15, 0.2) is 0 Å². The highest BCUT2D eigenvalue weighted by atomic mass is 16.3. The minimum absolute atomic E-state index is 0.0182. The van der Waals surface area contributed by atoms with Crippen LogP contribution in [-0.4, -0.2) is 36.5 Å². The molecule has 1 fully saturated rings. The number of hydrogen-bond acceptors (Lipinski definition) is 3. The van der Waals surface area contributed by atoms with Crippen molar-refractivity contribution >= 4 is 11.9 Å². The minimum Gasteiger partial charge on any atom is -0.472 e. The summed E-state index contributed by atoms with van der Waals surface area (Å²) < 4.78 is 4.97. The highest BCUT2D eigenvalue weighted by Gasteiger charge is 2.16. The number of carbonyl (C=O) groups is 2. The molecule has 0 bridgehead atoms. The van der Waals surface area contributed by atoms with Crippen molar-refractivity contribution in [2.75, 3.05) is 13.6 Å². The first-order valence-electron chi connectivity index (χ1n) is 7.94. The Morgan fingerprint density at radius 2 is 2.09 bits per heavy atom. The molecule has 1 aliphatic rings. The van der Waals surface area contributed by atoms with Gasteiger partial charge in [0.05, 0.1) is 19.1 Å². The Bertz CT molecular complexity index is 467. The smallest absolute Gasteiger partial charge is 0.317 e. The van der Waals surface area contributed by atoms with Gasteiger partial charge in [-0.15, -0.1) is 0 Å². The molecule has 6 nitrogen and oxygen atoms in total. The van der Waals surface area contributed by atoms with Crippen LogP contribution < -0.4 is 10.6 Å². The molecular weight excluding hydrogens is 282 g/mol. The van der Waals surface area contributed by atoms with Gasteiger partial charge in [-0.1, -0.05) is 19.3 Å². The molecule has 0 spiro atoms. The van der Waals surface area contributed by atoms with Crippen molar-refractivity contribution in [3.63, 3.8) is 0 Å². The summed E-state index contributed by atoms with van der Waals surface area (Å²) in [6.07, 6.45) is 9.32. The molecule has 2 rings (SSSR count). The molecule has 1 aromatic heterocycles. The monoisotopic (exact) mass is 307 g/mol. The zero-order chi connectivity index (χ0) is 15.8. The van der Waals surface area contributed by atoms with Crippen LogP contribution in [-0.2, 0) is 11.3 Å². The second kappa shape index (κ2) is 8.46. The van der Waals surface area contributed by atoms with Gasteiger partial charge in [-0.05, 0) is 18.9 Å². The summed E-state index contributed by atoms with van der Waals surface area (Å²) in [5, 5.41) is 5.80. The van der Waals surface area contributed by atoms with Crippen molar-refractivity contribution in [3.8, 4) is 0 Å². The van der Waals surface area contributed by atoms with Crippen LogP contribution in [0.15, 0.2) is 23.0 Å². The molecular formula is C16H25N3O3. The summed E-state index contributed by atoms with van der Waals surface area (Å²) in [7, 11) is 1.71. The molecule has 0 aliphatic heterocycles. The van der Waals surface area contributed by atoms with Gasteiger partial charge in [0.2, 0.25) is 5.91 Å². The van der Waals surface area contributed by atoms with E-state index in [1.165, 1.54) is 19.3 Å². The lowest BCUT2D eigenvalue weighted by Crippen LogP contribution is -2.40. The van der Waals surface area contributed by atoms with E-state index in [-0.39, 0.29) is 11.9 Å². The van der Waals surface area contributed by atoms with Crippen LogP contribution in [0.1, 0.15) is 44.1 Å². The first kappa shape index (κ1) is 16.4. The van der Waals surface area contributed by atoms with Gasteiger partial charge in [0, 0.05) is 31.6 Å². The third-order valence-electron chi connectivity index (χ3n) is 3.95. The van der Waals surface area contributed by atoms with Gasteiger partial charge in [0.1, 0.15) is 0 Å². The van der Waals surface area contributed by atoms with Gasteiger partial charge in [-0.2, -0.15) is 0 Å². The number of furan rings is 1. The van der Waals surface area contributed by atoms with E-state index in [1.54, 1.807) is 24.5 Å². The molecule has 1 saturated carbocycles. The number of nitrogens with zero attached hydrogens (tertiary/aromatic N) is 1. The molecule has 0 saturated heterocycles. The standard InChI is InChI=1S/C16H25N3O3/c1-19(11-13-8-10-22-12-13)16(21)17-9-7-15(20)18-14-5-3-2-4-6-14/h8,10,12,14H,2-7,9,11H2,1H3,(H,17,21)(H,18,20). The van der Waals surface area contributed by atoms with Gasteiger partial charge in [0.25, 0.3) is 0 Å². The topological polar surface area (TPSA) is 74.6 Å². The first-order valence-corrected chi connectivity index (χ1v) is 7.94. The Balaban J connectivity index is 1.60. The molecule has 2 N–H and O–H groups in total. The van der Waals surface area contributed by atoms with Crippen LogP contribution in [0.25, 0.3) is 0 Å². The predicted molar refractivity (Wildman–Crippen MR) is 83.2 cm³/mol. The maximum Gasteiger partial charge on any atom is 0.317 e. The molecule has 1 aliphatic carbocycles. The molecule has 1 heterocycles. The lowest BCUT2D eigenvalue weighted by Gasteiger charge is -2.23. The number of amides is 3. The highest BCUT2D eigenvalue weighted by Crippen LogP contribution is 2.17.